The van der Waals surface area contributed by atoms with Gasteiger partial charge in [-0.2, -0.15) is 0 Å². The van der Waals surface area contributed by atoms with E-state index in [2.05, 4.69) is 48.8 Å². The number of benzene rings is 1. The van der Waals surface area contributed by atoms with Gasteiger partial charge in [0.15, 0.2) is 0 Å². The minimum Gasteiger partial charge on any atom is -0.369 e. The summed E-state index contributed by atoms with van der Waals surface area (Å²) >= 11 is 0. The number of aryl methyl sites for hydroxylation is 2. The quantitative estimate of drug-likeness (QED) is 0.790. The van der Waals surface area contributed by atoms with Crippen LogP contribution in [0.4, 0.5) is 5.69 Å². The summed E-state index contributed by atoms with van der Waals surface area (Å²) in [5, 5.41) is 0. The van der Waals surface area contributed by atoms with Crippen molar-refractivity contribution in [1.29, 1.82) is 0 Å². The van der Waals surface area contributed by atoms with Crippen molar-refractivity contribution in [3.05, 3.63) is 29.3 Å². The Hall–Kier alpha value is -1.02. The Kier molecular flexibility index (Phi) is 4.06. The number of hydrogen-bond donors (Lipinski definition) is 0. The van der Waals surface area contributed by atoms with Crippen LogP contribution < -0.4 is 4.90 Å². The Morgan fingerprint density at radius 2 is 1.71 bits per heavy atom. The Morgan fingerprint density at radius 3 is 2.29 bits per heavy atom. The summed E-state index contributed by atoms with van der Waals surface area (Å²) in [5.74, 6) is 0. The molecule has 0 radical (unpaired) electrons. The smallest absolute Gasteiger partial charge is 0.0369 e. The van der Waals surface area contributed by atoms with E-state index in [-0.39, 0.29) is 0 Å². The molecular weight excluding hydrogens is 208 g/mol. The van der Waals surface area contributed by atoms with Gasteiger partial charge in [0.25, 0.3) is 0 Å². The maximum atomic E-state index is 2.57. The first-order chi connectivity index (χ1) is 8.20. The van der Waals surface area contributed by atoms with Crippen LogP contribution in [0.25, 0.3) is 0 Å². The highest BCUT2D eigenvalue weighted by Gasteiger charge is 2.16. The van der Waals surface area contributed by atoms with E-state index in [0.717, 1.165) is 0 Å². The minimum absolute atomic E-state index is 1.17. The molecular formula is C15H24N2. The van der Waals surface area contributed by atoms with Crippen LogP contribution in [0.1, 0.15) is 24.5 Å². The van der Waals surface area contributed by atoms with Gasteiger partial charge in [-0.15, -0.1) is 0 Å². The second-order valence-corrected chi connectivity index (χ2v) is 5.10. The predicted octanol–water partition coefficient (Wildman–Crippen LogP) is 2.84. The van der Waals surface area contributed by atoms with Gasteiger partial charge in [0.1, 0.15) is 0 Å². The number of anilines is 1. The van der Waals surface area contributed by atoms with Crippen LogP contribution in [0.2, 0.25) is 0 Å². The zero-order valence-electron chi connectivity index (χ0n) is 11.4. The number of piperazine rings is 1. The first-order valence-corrected chi connectivity index (χ1v) is 6.75. The van der Waals surface area contributed by atoms with Crippen molar-refractivity contribution >= 4 is 5.69 Å². The zero-order valence-corrected chi connectivity index (χ0v) is 11.4. The lowest BCUT2D eigenvalue weighted by molar-refractivity contribution is 0.258. The van der Waals surface area contributed by atoms with Gasteiger partial charge in [-0.05, 0) is 50.1 Å². The molecule has 0 saturated carbocycles. The third-order valence-corrected chi connectivity index (χ3v) is 3.77. The van der Waals surface area contributed by atoms with Crippen molar-refractivity contribution in [2.24, 2.45) is 0 Å². The molecule has 1 aromatic carbocycles. The lowest BCUT2D eigenvalue weighted by atomic mass is 10.1. The molecule has 0 N–H and O–H groups in total. The zero-order chi connectivity index (χ0) is 12.3. The predicted molar refractivity (Wildman–Crippen MR) is 74.9 cm³/mol. The summed E-state index contributed by atoms with van der Waals surface area (Å²) in [6.45, 7) is 12.6. The van der Waals surface area contributed by atoms with Gasteiger partial charge >= 0.3 is 0 Å². The molecule has 0 aromatic heterocycles. The highest BCUT2D eigenvalue weighted by atomic mass is 15.3. The van der Waals surface area contributed by atoms with Gasteiger partial charge in [0.2, 0.25) is 0 Å². The fourth-order valence-electron chi connectivity index (χ4n) is 2.47. The van der Waals surface area contributed by atoms with Gasteiger partial charge in [-0.3, -0.25) is 4.90 Å². The van der Waals surface area contributed by atoms with Crippen molar-refractivity contribution in [3.8, 4) is 0 Å². The van der Waals surface area contributed by atoms with Crippen LogP contribution in [0, 0.1) is 13.8 Å². The van der Waals surface area contributed by atoms with Crippen LogP contribution in [-0.4, -0.2) is 37.6 Å². The van der Waals surface area contributed by atoms with E-state index in [0.29, 0.717) is 0 Å². The summed E-state index contributed by atoms with van der Waals surface area (Å²) in [5.41, 5.74) is 4.18. The summed E-state index contributed by atoms with van der Waals surface area (Å²) in [6, 6.07) is 6.83. The van der Waals surface area contributed by atoms with E-state index in [4.69, 9.17) is 0 Å². The van der Waals surface area contributed by atoms with E-state index in [1.165, 1.54) is 56.0 Å². The maximum absolute atomic E-state index is 2.57. The molecule has 1 aliphatic rings. The maximum Gasteiger partial charge on any atom is 0.0369 e. The summed E-state index contributed by atoms with van der Waals surface area (Å²) in [7, 11) is 0. The van der Waals surface area contributed by atoms with Gasteiger partial charge < -0.3 is 4.90 Å². The molecule has 0 atom stereocenters. The third-order valence-electron chi connectivity index (χ3n) is 3.77. The van der Waals surface area contributed by atoms with Crippen molar-refractivity contribution in [2.45, 2.75) is 27.2 Å². The summed E-state index contributed by atoms with van der Waals surface area (Å²) < 4.78 is 0. The highest BCUT2D eigenvalue weighted by Crippen LogP contribution is 2.20. The number of rotatable bonds is 3. The molecule has 0 amide bonds. The minimum atomic E-state index is 1.17. The lowest BCUT2D eigenvalue weighted by Crippen LogP contribution is -2.46. The molecule has 1 aromatic rings. The molecule has 2 rings (SSSR count). The highest BCUT2D eigenvalue weighted by molar-refractivity contribution is 5.50. The standard InChI is InChI=1S/C15H24N2/c1-4-7-16-8-10-17(11-9-16)15-6-5-13(2)14(3)12-15/h5-6,12H,4,7-11H2,1-3H3. The second-order valence-electron chi connectivity index (χ2n) is 5.10. The van der Waals surface area contributed by atoms with E-state index >= 15 is 0 Å². The van der Waals surface area contributed by atoms with Gasteiger partial charge in [-0.1, -0.05) is 13.0 Å². The fraction of sp³-hybridized carbons (Fsp3) is 0.600. The molecule has 1 fully saturated rings. The first kappa shape index (κ1) is 12.4. The van der Waals surface area contributed by atoms with Crippen molar-refractivity contribution in [1.82, 2.24) is 4.90 Å². The number of hydrogen-bond acceptors (Lipinski definition) is 2. The SMILES string of the molecule is CCCN1CCN(c2ccc(C)c(C)c2)CC1. The van der Waals surface area contributed by atoms with Crippen LogP contribution in [0.3, 0.4) is 0 Å². The Labute approximate surface area is 105 Å². The molecule has 2 heteroatoms. The van der Waals surface area contributed by atoms with E-state index < -0.39 is 0 Å². The second kappa shape index (κ2) is 5.54. The molecule has 1 saturated heterocycles. The molecule has 17 heavy (non-hydrogen) atoms. The van der Waals surface area contributed by atoms with Gasteiger partial charge in [0, 0.05) is 31.9 Å². The molecule has 94 valence electrons. The van der Waals surface area contributed by atoms with Crippen LogP contribution in [0.5, 0.6) is 0 Å². The van der Waals surface area contributed by atoms with Gasteiger partial charge in [0.05, 0.1) is 0 Å². The van der Waals surface area contributed by atoms with Crippen molar-refractivity contribution in [3.63, 3.8) is 0 Å². The topological polar surface area (TPSA) is 6.48 Å². The Morgan fingerprint density at radius 1 is 1.00 bits per heavy atom. The number of nitrogens with zero attached hydrogens (tertiary/aromatic N) is 2. The normalized spacial score (nSPS) is 17.5. The average molecular weight is 232 g/mol. The molecule has 0 spiro atoms. The van der Waals surface area contributed by atoms with E-state index in [9.17, 15) is 0 Å². The lowest BCUT2D eigenvalue weighted by Gasteiger charge is -2.36. The van der Waals surface area contributed by atoms with Crippen LogP contribution in [0.15, 0.2) is 18.2 Å². The molecule has 2 nitrogen and oxygen atoms in total. The van der Waals surface area contributed by atoms with E-state index in [1.54, 1.807) is 0 Å². The van der Waals surface area contributed by atoms with Gasteiger partial charge in [-0.25, -0.2) is 0 Å². The molecule has 0 aliphatic carbocycles. The van der Waals surface area contributed by atoms with E-state index in [1.807, 2.05) is 0 Å². The fourth-order valence-corrected chi connectivity index (χ4v) is 2.47. The third kappa shape index (κ3) is 3.01. The largest absolute Gasteiger partial charge is 0.369 e. The molecule has 1 heterocycles. The molecule has 0 unspecified atom stereocenters. The Balaban J connectivity index is 1.98. The first-order valence-electron chi connectivity index (χ1n) is 6.75. The molecule has 0 bridgehead atoms. The Bertz CT molecular complexity index is 365. The van der Waals surface area contributed by atoms with Crippen molar-refractivity contribution < 1.29 is 0 Å². The van der Waals surface area contributed by atoms with Crippen LogP contribution >= 0.6 is 0 Å². The summed E-state index contributed by atoms with van der Waals surface area (Å²) in [6.07, 6.45) is 1.27. The molecule has 1 aliphatic heterocycles. The monoisotopic (exact) mass is 232 g/mol. The average Bonchev–Trinajstić information content (AvgIpc) is 2.34. The summed E-state index contributed by atoms with van der Waals surface area (Å²) in [4.78, 5) is 5.08. The van der Waals surface area contributed by atoms with Crippen molar-refractivity contribution in [2.75, 3.05) is 37.6 Å². The van der Waals surface area contributed by atoms with Crippen LogP contribution in [-0.2, 0) is 0 Å².